The average molecular weight is 291 g/mol. The topological polar surface area (TPSA) is 74.7 Å². The molecule has 2 heterocycles. The van der Waals surface area contributed by atoms with E-state index >= 15 is 0 Å². The van der Waals surface area contributed by atoms with Gasteiger partial charge in [0.25, 0.3) is 0 Å². The number of hydrogen-bond acceptors (Lipinski definition) is 5. The van der Waals surface area contributed by atoms with Crippen LogP contribution in [0.5, 0.6) is 0 Å². The fraction of sp³-hybridized carbons (Fsp3) is 0.467. The lowest BCUT2D eigenvalue weighted by Gasteiger charge is -2.28. The van der Waals surface area contributed by atoms with Crippen molar-refractivity contribution in [2.45, 2.75) is 26.4 Å². The fourth-order valence-electron chi connectivity index (χ4n) is 2.12. The van der Waals surface area contributed by atoms with Crippen molar-refractivity contribution in [3.05, 3.63) is 36.2 Å². The number of nitrogens with zero attached hydrogens (tertiary/aromatic N) is 2. The fourth-order valence-corrected chi connectivity index (χ4v) is 2.12. The van der Waals surface area contributed by atoms with Crippen molar-refractivity contribution in [2.24, 2.45) is 5.92 Å². The zero-order valence-corrected chi connectivity index (χ0v) is 12.3. The summed E-state index contributed by atoms with van der Waals surface area (Å²) in [5, 5.41) is 9.06. The largest absolute Gasteiger partial charge is 0.479 e. The van der Waals surface area contributed by atoms with Gasteiger partial charge in [0.15, 0.2) is 6.10 Å². The van der Waals surface area contributed by atoms with E-state index in [1.807, 2.05) is 38.1 Å². The maximum absolute atomic E-state index is 11.0. The standard InChI is InChI=1S/C15H21N3O3/c1-11(2)14(15(19)20)21-17-12-6-9-18(10-7-12)13-5-3-4-8-16-13/h3-6,8,11,14,17H,7,9-10H2,1-2H3,(H,19,20). The number of aromatic nitrogens is 1. The smallest absolute Gasteiger partial charge is 0.335 e. The van der Waals surface area contributed by atoms with E-state index in [9.17, 15) is 4.79 Å². The monoisotopic (exact) mass is 291 g/mol. The van der Waals surface area contributed by atoms with Gasteiger partial charge in [-0.15, -0.1) is 0 Å². The second-order valence-corrected chi connectivity index (χ2v) is 5.34. The summed E-state index contributed by atoms with van der Waals surface area (Å²) < 4.78 is 0. The SMILES string of the molecule is CC(C)C(ONC1=CCN(c2ccccn2)CC1)C(=O)O. The number of carbonyl (C=O) groups is 1. The van der Waals surface area contributed by atoms with E-state index in [1.54, 1.807) is 6.20 Å². The van der Waals surface area contributed by atoms with Gasteiger partial charge in [0.2, 0.25) is 0 Å². The normalized spacial score (nSPS) is 16.5. The van der Waals surface area contributed by atoms with Gasteiger partial charge in [-0.05, 0) is 24.1 Å². The maximum Gasteiger partial charge on any atom is 0.335 e. The Morgan fingerprint density at radius 2 is 2.29 bits per heavy atom. The second kappa shape index (κ2) is 7.08. The Kier molecular flexibility index (Phi) is 5.16. The summed E-state index contributed by atoms with van der Waals surface area (Å²) in [5.74, 6) is -0.104. The van der Waals surface area contributed by atoms with Crippen LogP contribution < -0.4 is 10.4 Å². The minimum atomic E-state index is -0.955. The Balaban J connectivity index is 1.87. The lowest BCUT2D eigenvalue weighted by molar-refractivity contribution is -0.158. The minimum absolute atomic E-state index is 0.0933. The predicted molar refractivity (Wildman–Crippen MR) is 79.6 cm³/mol. The summed E-state index contributed by atoms with van der Waals surface area (Å²) in [4.78, 5) is 22.8. The van der Waals surface area contributed by atoms with Crippen LogP contribution in [0.15, 0.2) is 36.2 Å². The highest BCUT2D eigenvalue weighted by atomic mass is 16.7. The van der Waals surface area contributed by atoms with Crippen LogP contribution >= 0.6 is 0 Å². The van der Waals surface area contributed by atoms with Crippen molar-refractivity contribution in [3.63, 3.8) is 0 Å². The summed E-state index contributed by atoms with van der Waals surface area (Å²) in [7, 11) is 0. The van der Waals surface area contributed by atoms with Crippen LogP contribution in [-0.4, -0.2) is 35.3 Å². The molecule has 6 nitrogen and oxygen atoms in total. The van der Waals surface area contributed by atoms with Crippen LogP contribution in [0.4, 0.5) is 5.82 Å². The Morgan fingerprint density at radius 3 is 2.81 bits per heavy atom. The number of aliphatic carboxylic acids is 1. The third kappa shape index (κ3) is 4.19. The van der Waals surface area contributed by atoms with Crippen molar-refractivity contribution in [1.82, 2.24) is 10.5 Å². The van der Waals surface area contributed by atoms with Crippen molar-refractivity contribution in [1.29, 1.82) is 0 Å². The first-order chi connectivity index (χ1) is 10.1. The molecular weight excluding hydrogens is 270 g/mol. The van der Waals surface area contributed by atoms with Crippen LogP contribution in [0.1, 0.15) is 20.3 Å². The number of carboxylic acids is 1. The Bertz CT molecular complexity index is 502. The first-order valence-corrected chi connectivity index (χ1v) is 7.07. The van der Waals surface area contributed by atoms with Crippen LogP contribution in [-0.2, 0) is 9.63 Å². The van der Waals surface area contributed by atoms with E-state index in [0.717, 1.165) is 31.0 Å². The van der Waals surface area contributed by atoms with Crippen molar-refractivity contribution >= 4 is 11.8 Å². The van der Waals surface area contributed by atoms with E-state index in [-0.39, 0.29) is 5.92 Å². The highest BCUT2D eigenvalue weighted by Crippen LogP contribution is 2.16. The number of rotatable bonds is 6. The highest BCUT2D eigenvalue weighted by Gasteiger charge is 2.23. The van der Waals surface area contributed by atoms with E-state index in [1.165, 1.54) is 0 Å². The molecule has 0 saturated heterocycles. The highest BCUT2D eigenvalue weighted by molar-refractivity contribution is 5.72. The molecule has 0 fully saturated rings. The molecule has 0 spiro atoms. The van der Waals surface area contributed by atoms with Crippen LogP contribution in [0.3, 0.4) is 0 Å². The molecule has 1 aliphatic heterocycles. The van der Waals surface area contributed by atoms with E-state index in [4.69, 9.17) is 9.94 Å². The van der Waals surface area contributed by atoms with Gasteiger partial charge in [-0.25, -0.2) is 9.78 Å². The molecule has 21 heavy (non-hydrogen) atoms. The maximum atomic E-state index is 11.0. The third-order valence-corrected chi connectivity index (χ3v) is 3.35. The zero-order valence-electron chi connectivity index (χ0n) is 12.3. The summed E-state index contributed by atoms with van der Waals surface area (Å²) in [6.45, 7) is 5.18. The molecule has 0 aromatic carbocycles. The molecular formula is C15H21N3O3. The van der Waals surface area contributed by atoms with Gasteiger partial charge in [-0.2, -0.15) is 0 Å². The summed E-state index contributed by atoms with van der Waals surface area (Å²) in [6.07, 6.45) is 3.69. The van der Waals surface area contributed by atoms with Gasteiger partial charge in [0, 0.05) is 31.4 Å². The number of carboxylic acid groups (broad SMARTS) is 1. The Morgan fingerprint density at radius 1 is 1.48 bits per heavy atom. The van der Waals surface area contributed by atoms with Gasteiger partial charge in [-0.3, -0.25) is 10.3 Å². The molecule has 1 aliphatic rings. The first kappa shape index (κ1) is 15.3. The van der Waals surface area contributed by atoms with Gasteiger partial charge in [-0.1, -0.05) is 19.9 Å². The molecule has 1 aromatic heterocycles. The summed E-state index contributed by atoms with van der Waals surface area (Å²) in [5.41, 5.74) is 3.70. The van der Waals surface area contributed by atoms with Gasteiger partial charge in [0.05, 0.1) is 0 Å². The molecule has 0 radical (unpaired) electrons. The van der Waals surface area contributed by atoms with E-state index in [0.29, 0.717) is 0 Å². The number of hydrogen-bond donors (Lipinski definition) is 2. The van der Waals surface area contributed by atoms with Crippen molar-refractivity contribution < 1.29 is 14.7 Å². The number of pyridine rings is 1. The Labute approximate surface area is 124 Å². The molecule has 0 saturated carbocycles. The Hall–Kier alpha value is -2.08. The molecule has 1 atom stereocenters. The van der Waals surface area contributed by atoms with Crippen molar-refractivity contribution in [3.8, 4) is 0 Å². The molecule has 0 bridgehead atoms. The lowest BCUT2D eigenvalue weighted by atomic mass is 10.1. The second-order valence-electron chi connectivity index (χ2n) is 5.34. The van der Waals surface area contributed by atoms with Gasteiger partial charge >= 0.3 is 5.97 Å². The minimum Gasteiger partial charge on any atom is -0.479 e. The molecule has 0 amide bonds. The van der Waals surface area contributed by atoms with E-state index < -0.39 is 12.1 Å². The molecule has 1 aromatic rings. The van der Waals surface area contributed by atoms with E-state index in [2.05, 4.69) is 15.4 Å². The molecule has 0 aliphatic carbocycles. The molecule has 2 N–H and O–H groups in total. The molecule has 2 rings (SSSR count). The molecule has 6 heteroatoms. The first-order valence-electron chi connectivity index (χ1n) is 7.07. The summed E-state index contributed by atoms with van der Waals surface area (Å²) in [6, 6.07) is 5.83. The summed E-state index contributed by atoms with van der Waals surface area (Å²) >= 11 is 0. The van der Waals surface area contributed by atoms with Crippen molar-refractivity contribution in [2.75, 3.05) is 18.0 Å². The quantitative estimate of drug-likeness (QED) is 0.779. The number of anilines is 1. The molecule has 1 unspecified atom stereocenters. The van der Waals surface area contributed by atoms with Crippen LogP contribution in [0, 0.1) is 5.92 Å². The van der Waals surface area contributed by atoms with Crippen LogP contribution in [0.25, 0.3) is 0 Å². The zero-order chi connectivity index (χ0) is 15.2. The number of hydroxylamine groups is 1. The van der Waals surface area contributed by atoms with Gasteiger partial charge in [0.1, 0.15) is 5.82 Å². The van der Waals surface area contributed by atoms with Gasteiger partial charge < -0.3 is 10.0 Å². The predicted octanol–water partition coefficient (Wildman–Crippen LogP) is 1.81. The lowest BCUT2D eigenvalue weighted by Crippen LogP contribution is -2.37. The van der Waals surface area contributed by atoms with Crippen LogP contribution in [0.2, 0.25) is 0 Å². The number of nitrogens with one attached hydrogen (secondary N) is 1. The average Bonchev–Trinajstić information content (AvgIpc) is 2.48. The molecule has 114 valence electrons. The third-order valence-electron chi connectivity index (χ3n) is 3.35.